The Morgan fingerprint density at radius 1 is 1.64 bits per heavy atom. The summed E-state index contributed by atoms with van der Waals surface area (Å²) in [6, 6.07) is 2.99. The van der Waals surface area contributed by atoms with Gasteiger partial charge in [-0.15, -0.1) is 11.3 Å². The highest BCUT2D eigenvalue weighted by Crippen LogP contribution is 2.32. The molecule has 1 N–H and O–H groups in total. The number of halogens is 1. The molecule has 78 valence electrons. The topological polar surface area (TPSA) is 12.0 Å². The largest absolute Gasteiger partial charge is 0.314 e. The van der Waals surface area contributed by atoms with E-state index in [0.717, 1.165) is 12.6 Å². The minimum absolute atomic E-state index is 0.677. The van der Waals surface area contributed by atoms with Gasteiger partial charge in [0.2, 0.25) is 0 Å². The zero-order valence-corrected chi connectivity index (χ0v) is 10.8. The molecule has 1 aliphatic rings. The second-order valence-electron chi connectivity index (χ2n) is 4.05. The fourth-order valence-electron chi connectivity index (χ4n) is 1.58. The van der Waals surface area contributed by atoms with Crippen LogP contribution in [0.25, 0.3) is 0 Å². The van der Waals surface area contributed by atoms with Crippen LogP contribution in [0.15, 0.2) is 15.9 Å². The Balaban J connectivity index is 1.76. The summed E-state index contributed by atoms with van der Waals surface area (Å²) in [5.74, 6) is 0.677. The Bertz CT molecular complexity index is 293. The van der Waals surface area contributed by atoms with Gasteiger partial charge >= 0.3 is 0 Å². The van der Waals surface area contributed by atoms with Crippen molar-refractivity contribution in [3.63, 3.8) is 0 Å². The molecule has 0 amide bonds. The normalized spacial score (nSPS) is 18.4. The van der Waals surface area contributed by atoms with Gasteiger partial charge < -0.3 is 5.32 Å². The Hall–Kier alpha value is 0.140. The van der Waals surface area contributed by atoms with Crippen molar-refractivity contribution in [1.82, 2.24) is 5.32 Å². The van der Waals surface area contributed by atoms with Crippen molar-refractivity contribution in [3.8, 4) is 0 Å². The van der Waals surface area contributed by atoms with Gasteiger partial charge in [-0.2, -0.15) is 0 Å². The maximum absolute atomic E-state index is 3.59. The van der Waals surface area contributed by atoms with Crippen LogP contribution in [-0.2, 0) is 0 Å². The SMILES string of the molecule is CC(CCNC1CC1)c1sccc1Br. The van der Waals surface area contributed by atoms with E-state index in [1.807, 2.05) is 11.3 Å². The zero-order valence-electron chi connectivity index (χ0n) is 8.42. The van der Waals surface area contributed by atoms with Gasteiger partial charge in [-0.25, -0.2) is 0 Å². The lowest BCUT2D eigenvalue weighted by Gasteiger charge is -2.10. The summed E-state index contributed by atoms with van der Waals surface area (Å²) in [6.07, 6.45) is 4.02. The van der Waals surface area contributed by atoms with Gasteiger partial charge in [-0.1, -0.05) is 6.92 Å². The lowest BCUT2D eigenvalue weighted by molar-refractivity contribution is 0.596. The van der Waals surface area contributed by atoms with E-state index in [2.05, 4.69) is 39.6 Å². The van der Waals surface area contributed by atoms with Gasteiger partial charge in [0.25, 0.3) is 0 Å². The Labute approximate surface area is 98.0 Å². The quantitative estimate of drug-likeness (QED) is 0.862. The predicted octanol–water partition coefficient (Wildman–Crippen LogP) is 3.76. The third-order valence-electron chi connectivity index (χ3n) is 2.68. The molecule has 1 saturated carbocycles. The minimum atomic E-state index is 0.677. The maximum atomic E-state index is 3.59. The summed E-state index contributed by atoms with van der Waals surface area (Å²) in [4.78, 5) is 1.49. The number of hydrogen-bond donors (Lipinski definition) is 1. The first kappa shape index (κ1) is 10.7. The molecular weight excluding hydrogens is 258 g/mol. The van der Waals surface area contributed by atoms with E-state index >= 15 is 0 Å². The molecule has 1 aliphatic carbocycles. The Kier molecular flexibility index (Phi) is 3.63. The average molecular weight is 274 g/mol. The molecule has 0 spiro atoms. The molecule has 2 rings (SSSR count). The molecule has 1 aromatic heterocycles. The first-order valence-electron chi connectivity index (χ1n) is 5.23. The van der Waals surface area contributed by atoms with Crippen LogP contribution in [0.1, 0.15) is 37.0 Å². The Morgan fingerprint density at radius 2 is 2.43 bits per heavy atom. The van der Waals surface area contributed by atoms with Crippen molar-refractivity contribution in [2.45, 2.75) is 38.1 Å². The van der Waals surface area contributed by atoms with Gasteiger partial charge in [0, 0.05) is 15.4 Å². The standard InChI is InChI=1S/C11H16BrNS/c1-8(4-6-13-9-2-3-9)11-10(12)5-7-14-11/h5,7-9,13H,2-4,6H2,1H3. The molecule has 1 heterocycles. The van der Waals surface area contributed by atoms with Crippen LogP contribution in [0.5, 0.6) is 0 Å². The monoisotopic (exact) mass is 273 g/mol. The van der Waals surface area contributed by atoms with Gasteiger partial charge in [0.05, 0.1) is 0 Å². The van der Waals surface area contributed by atoms with E-state index in [1.54, 1.807) is 0 Å². The summed E-state index contributed by atoms with van der Waals surface area (Å²) in [7, 11) is 0. The molecule has 1 fully saturated rings. The molecule has 1 nitrogen and oxygen atoms in total. The molecule has 3 heteroatoms. The van der Waals surface area contributed by atoms with Crippen LogP contribution >= 0.6 is 27.3 Å². The van der Waals surface area contributed by atoms with Crippen molar-refractivity contribution in [1.29, 1.82) is 0 Å². The first-order valence-corrected chi connectivity index (χ1v) is 6.91. The average Bonchev–Trinajstić information content (AvgIpc) is 2.87. The Morgan fingerprint density at radius 3 is 3.00 bits per heavy atom. The first-order chi connectivity index (χ1) is 6.77. The molecule has 0 aliphatic heterocycles. The summed E-state index contributed by atoms with van der Waals surface area (Å²) in [5.41, 5.74) is 0. The second-order valence-corrected chi connectivity index (χ2v) is 5.85. The van der Waals surface area contributed by atoms with Crippen molar-refractivity contribution >= 4 is 27.3 Å². The van der Waals surface area contributed by atoms with Crippen molar-refractivity contribution in [3.05, 3.63) is 20.8 Å². The predicted molar refractivity (Wildman–Crippen MR) is 66.1 cm³/mol. The van der Waals surface area contributed by atoms with E-state index in [1.165, 1.54) is 28.6 Å². The van der Waals surface area contributed by atoms with E-state index < -0.39 is 0 Å². The second kappa shape index (κ2) is 4.77. The highest BCUT2D eigenvalue weighted by molar-refractivity contribution is 9.10. The fraction of sp³-hybridized carbons (Fsp3) is 0.636. The smallest absolute Gasteiger partial charge is 0.0317 e. The molecular formula is C11H16BrNS. The molecule has 1 aromatic rings. The van der Waals surface area contributed by atoms with E-state index in [0.29, 0.717) is 5.92 Å². The molecule has 1 unspecified atom stereocenters. The molecule has 0 radical (unpaired) electrons. The lowest BCUT2D eigenvalue weighted by Crippen LogP contribution is -2.18. The van der Waals surface area contributed by atoms with Crippen LogP contribution < -0.4 is 5.32 Å². The highest BCUT2D eigenvalue weighted by atomic mass is 79.9. The lowest BCUT2D eigenvalue weighted by atomic mass is 10.1. The molecule has 0 bridgehead atoms. The summed E-state index contributed by atoms with van der Waals surface area (Å²) in [6.45, 7) is 3.47. The van der Waals surface area contributed by atoms with Gasteiger partial charge in [0.15, 0.2) is 0 Å². The molecule has 0 saturated heterocycles. The van der Waals surface area contributed by atoms with E-state index in [-0.39, 0.29) is 0 Å². The minimum Gasteiger partial charge on any atom is -0.314 e. The number of nitrogens with one attached hydrogen (secondary N) is 1. The van der Waals surface area contributed by atoms with Crippen LogP contribution in [0, 0.1) is 0 Å². The van der Waals surface area contributed by atoms with Crippen molar-refractivity contribution in [2.75, 3.05) is 6.54 Å². The number of thiophene rings is 1. The zero-order chi connectivity index (χ0) is 9.97. The van der Waals surface area contributed by atoms with Crippen LogP contribution in [0.4, 0.5) is 0 Å². The van der Waals surface area contributed by atoms with Gasteiger partial charge in [-0.3, -0.25) is 0 Å². The highest BCUT2D eigenvalue weighted by Gasteiger charge is 2.20. The van der Waals surface area contributed by atoms with E-state index in [4.69, 9.17) is 0 Å². The molecule has 14 heavy (non-hydrogen) atoms. The number of hydrogen-bond acceptors (Lipinski definition) is 2. The van der Waals surface area contributed by atoms with Crippen LogP contribution in [0.3, 0.4) is 0 Å². The summed E-state index contributed by atoms with van der Waals surface area (Å²) in [5, 5.41) is 5.72. The van der Waals surface area contributed by atoms with Gasteiger partial charge in [-0.05, 0) is 59.1 Å². The van der Waals surface area contributed by atoms with Crippen molar-refractivity contribution in [2.24, 2.45) is 0 Å². The third-order valence-corrected chi connectivity index (χ3v) is 4.78. The third kappa shape index (κ3) is 2.81. The molecule has 1 atom stereocenters. The molecule has 0 aromatic carbocycles. The summed E-state index contributed by atoms with van der Waals surface area (Å²) < 4.78 is 1.28. The van der Waals surface area contributed by atoms with E-state index in [9.17, 15) is 0 Å². The number of rotatable bonds is 5. The maximum Gasteiger partial charge on any atom is 0.0317 e. The van der Waals surface area contributed by atoms with Gasteiger partial charge in [0.1, 0.15) is 0 Å². The fourth-order valence-corrected chi connectivity index (χ4v) is 3.44. The van der Waals surface area contributed by atoms with Crippen LogP contribution in [-0.4, -0.2) is 12.6 Å². The van der Waals surface area contributed by atoms with Crippen molar-refractivity contribution < 1.29 is 0 Å². The summed E-state index contributed by atoms with van der Waals surface area (Å²) >= 11 is 5.45. The van der Waals surface area contributed by atoms with Crippen LogP contribution in [0.2, 0.25) is 0 Å².